The summed E-state index contributed by atoms with van der Waals surface area (Å²) in [4.78, 5) is 3.01. The Labute approximate surface area is 85.3 Å². The van der Waals surface area contributed by atoms with Gasteiger partial charge in [0, 0.05) is 47.3 Å². The third-order valence-electron chi connectivity index (χ3n) is 2.29. The summed E-state index contributed by atoms with van der Waals surface area (Å²) < 4.78 is 10.8. The van der Waals surface area contributed by atoms with E-state index in [2.05, 4.69) is 27.8 Å². The molecule has 0 radical (unpaired) electrons. The Morgan fingerprint density at radius 3 is 2.67 bits per heavy atom. The van der Waals surface area contributed by atoms with Crippen molar-refractivity contribution in [1.29, 1.82) is 0 Å². The van der Waals surface area contributed by atoms with Crippen molar-refractivity contribution in [1.82, 2.24) is 4.90 Å². The molecule has 0 aromatic heterocycles. The van der Waals surface area contributed by atoms with Crippen molar-refractivity contribution in [2.24, 2.45) is 5.92 Å². The van der Waals surface area contributed by atoms with Crippen LogP contribution in [-0.2, 0) is 10.8 Å². The molecule has 1 saturated heterocycles. The number of hydrogen-bond acceptors (Lipinski definition) is 2. The minimum Gasteiger partial charge on any atom is -0.301 e. The smallest absolute Gasteiger partial charge is 0.0359 e. The van der Waals surface area contributed by atoms with Gasteiger partial charge in [-0.1, -0.05) is 22.9 Å². The Kier molecular flexibility index (Phi) is 4.20. The van der Waals surface area contributed by atoms with Crippen LogP contribution in [0.2, 0.25) is 0 Å². The molecule has 3 atom stereocenters. The first-order valence-corrected chi connectivity index (χ1v) is 6.90. The van der Waals surface area contributed by atoms with Gasteiger partial charge >= 0.3 is 0 Å². The van der Waals surface area contributed by atoms with Gasteiger partial charge in [0.15, 0.2) is 0 Å². The van der Waals surface area contributed by atoms with E-state index in [-0.39, 0.29) is 0 Å². The van der Waals surface area contributed by atoms with E-state index in [4.69, 9.17) is 0 Å². The highest BCUT2D eigenvalue weighted by Crippen LogP contribution is 2.22. The fraction of sp³-hybridized carbons (Fsp3) is 1.00. The van der Waals surface area contributed by atoms with E-state index in [0.29, 0.717) is 4.83 Å². The zero-order chi connectivity index (χ0) is 9.14. The second kappa shape index (κ2) is 4.72. The number of nitrogens with zero attached hydrogens (tertiary/aromatic N) is 1. The summed E-state index contributed by atoms with van der Waals surface area (Å²) in [5.74, 6) is 1.54. The molecule has 0 bridgehead atoms. The lowest BCUT2D eigenvalue weighted by atomic mass is 10.2. The van der Waals surface area contributed by atoms with Crippen LogP contribution in [0.15, 0.2) is 0 Å². The Bertz CT molecular complexity index is 166. The second-order valence-electron chi connectivity index (χ2n) is 3.53. The van der Waals surface area contributed by atoms with Crippen molar-refractivity contribution < 1.29 is 4.21 Å². The lowest BCUT2D eigenvalue weighted by Crippen LogP contribution is -2.25. The zero-order valence-corrected chi connectivity index (χ0v) is 10.0. The average molecular weight is 254 g/mol. The molecule has 0 aromatic rings. The third kappa shape index (κ3) is 3.15. The SMILES string of the molecule is CC1CN(CCS(C)=O)CC1Br. The van der Waals surface area contributed by atoms with Crippen molar-refractivity contribution >= 4 is 26.7 Å². The summed E-state index contributed by atoms with van der Waals surface area (Å²) in [6, 6.07) is 0. The molecular weight excluding hydrogens is 238 g/mol. The monoisotopic (exact) mass is 253 g/mol. The molecule has 4 heteroatoms. The van der Waals surface area contributed by atoms with E-state index >= 15 is 0 Å². The number of likely N-dealkylation sites (tertiary alicyclic amines) is 1. The topological polar surface area (TPSA) is 20.3 Å². The van der Waals surface area contributed by atoms with Crippen LogP contribution in [0.5, 0.6) is 0 Å². The largest absolute Gasteiger partial charge is 0.301 e. The Morgan fingerprint density at radius 2 is 2.25 bits per heavy atom. The molecule has 1 heterocycles. The standard InChI is InChI=1S/C8H16BrNOS/c1-7-5-10(6-8(7)9)3-4-12(2)11/h7-8H,3-6H2,1-2H3. The summed E-state index contributed by atoms with van der Waals surface area (Å²) in [5, 5.41) is 0. The molecule has 1 aliphatic rings. The van der Waals surface area contributed by atoms with Gasteiger partial charge in [-0.3, -0.25) is 4.21 Å². The van der Waals surface area contributed by atoms with Crippen LogP contribution in [0.3, 0.4) is 0 Å². The van der Waals surface area contributed by atoms with Crippen LogP contribution in [-0.4, -0.2) is 45.6 Å². The van der Waals surface area contributed by atoms with Gasteiger partial charge in [-0.2, -0.15) is 0 Å². The fourth-order valence-electron chi connectivity index (χ4n) is 1.46. The molecule has 1 aliphatic heterocycles. The molecule has 0 spiro atoms. The van der Waals surface area contributed by atoms with Gasteiger partial charge in [0.25, 0.3) is 0 Å². The zero-order valence-electron chi connectivity index (χ0n) is 7.62. The van der Waals surface area contributed by atoms with Crippen LogP contribution in [0.4, 0.5) is 0 Å². The molecule has 1 rings (SSSR count). The van der Waals surface area contributed by atoms with E-state index in [1.54, 1.807) is 6.26 Å². The molecule has 3 unspecified atom stereocenters. The van der Waals surface area contributed by atoms with Crippen LogP contribution < -0.4 is 0 Å². The van der Waals surface area contributed by atoms with Crippen molar-refractivity contribution in [2.75, 3.05) is 31.6 Å². The van der Waals surface area contributed by atoms with Crippen LogP contribution in [0.25, 0.3) is 0 Å². The number of rotatable bonds is 3. The van der Waals surface area contributed by atoms with Crippen molar-refractivity contribution in [2.45, 2.75) is 11.8 Å². The highest BCUT2D eigenvalue weighted by Gasteiger charge is 2.26. The molecule has 0 amide bonds. The lowest BCUT2D eigenvalue weighted by Gasteiger charge is -2.13. The number of alkyl halides is 1. The summed E-state index contributed by atoms with van der Waals surface area (Å²) in [5.41, 5.74) is 0. The first kappa shape index (κ1) is 10.7. The molecule has 12 heavy (non-hydrogen) atoms. The minimum atomic E-state index is -0.641. The maximum atomic E-state index is 10.8. The fourth-order valence-corrected chi connectivity index (χ4v) is 2.56. The van der Waals surface area contributed by atoms with Crippen LogP contribution >= 0.6 is 15.9 Å². The predicted molar refractivity (Wildman–Crippen MR) is 57.3 cm³/mol. The lowest BCUT2D eigenvalue weighted by molar-refractivity contribution is 0.349. The van der Waals surface area contributed by atoms with E-state index in [9.17, 15) is 4.21 Å². The van der Waals surface area contributed by atoms with Crippen molar-refractivity contribution in [3.8, 4) is 0 Å². The summed E-state index contributed by atoms with van der Waals surface area (Å²) in [6.45, 7) is 5.49. The van der Waals surface area contributed by atoms with E-state index in [1.807, 2.05) is 0 Å². The van der Waals surface area contributed by atoms with Gasteiger partial charge in [-0.15, -0.1) is 0 Å². The third-order valence-corrected chi connectivity index (χ3v) is 4.24. The van der Waals surface area contributed by atoms with E-state index in [0.717, 1.165) is 31.3 Å². The predicted octanol–water partition coefficient (Wildman–Crippen LogP) is 1.08. The highest BCUT2D eigenvalue weighted by molar-refractivity contribution is 9.09. The highest BCUT2D eigenvalue weighted by atomic mass is 79.9. The molecule has 0 saturated carbocycles. The second-order valence-corrected chi connectivity index (χ2v) is 6.26. The van der Waals surface area contributed by atoms with Gasteiger partial charge in [-0.05, 0) is 5.92 Å². The molecule has 72 valence electrons. The Hall–Kier alpha value is 0.590. The van der Waals surface area contributed by atoms with Crippen LogP contribution in [0.1, 0.15) is 6.92 Å². The Balaban J connectivity index is 2.23. The van der Waals surface area contributed by atoms with Crippen LogP contribution in [0, 0.1) is 5.92 Å². The van der Waals surface area contributed by atoms with Crippen molar-refractivity contribution in [3.05, 3.63) is 0 Å². The van der Waals surface area contributed by atoms with Gasteiger partial charge in [-0.25, -0.2) is 0 Å². The first-order chi connectivity index (χ1) is 5.59. The van der Waals surface area contributed by atoms with Gasteiger partial charge in [0.1, 0.15) is 0 Å². The average Bonchev–Trinajstić information content (AvgIpc) is 2.28. The minimum absolute atomic E-state index is 0.628. The Morgan fingerprint density at radius 1 is 1.58 bits per heavy atom. The molecule has 0 N–H and O–H groups in total. The van der Waals surface area contributed by atoms with E-state index < -0.39 is 10.8 Å². The number of hydrogen-bond donors (Lipinski definition) is 0. The molecular formula is C8H16BrNOS. The number of halogens is 1. The van der Waals surface area contributed by atoms with Gasteiger partial charge in [0.2, 0.25) is 0 Å². The maximum Gasteiger partial charge on any atom is 0.0359 e. The molecule has 2 nitrogen and oxygen atoms in total. The van der Waals surface area contributed by atoms with Crippen molar-refractivity contribution in [3.63, 3.8) is 0 Å². The summed E-state index contributed by atoms with van der Waals surface area (Å²) in [7, 11) is -0.641. The maximum absolute atomic E-state index is 10.8. The molecule has 0 aromatic carbocycles. The van der Waals surface area contributed by atoms with E-state index in [1.165, 1.54) is 0 Å². The summed E-state index contributed by atoms with van der Waals surface area (Å²) >= 11 is 3.63. The molecule has 1 fully saturated rings. The molecule has 0 aliphatic carbocycles. The van der Waals surface area contributed by atoms with Gasteiger partial charge < -0.3 is 4.90 Å². The first-order valence-electron chi connectivity index (χ1n) is 4.26. The van der Waals surface area contributed by atoms with Gasteiger partial charge in [0.05, 0.1) is 0 Å². The normalized spacial score (nSPS) is 33.9. The quantitative estimate of drug-likeness (QED) is 0.702. The summed E-state index contributed by atoms with van der Waals surface area (Å²) in [6.07, 6.45) is 1.77.